The van der Waals surface area contributed by atoms with Gasteiger partial charge < -0.3 is 14.2 Å². The minimum Gasteiger partial charge on any atom is -0.462 e. The number of hydrogen-bond donors (Lipinski definition) is 0. The van der Waals surface area contributed by atoms with Gasteiger partial charge in [-0.3, -0.25) is 14.4 Å². The Bertz CT molecular complexity index is 1170. The van der Waals surface area contributed by atoms with Crippen LogP contribution in [0, 0.1) is 0 Å². The van der Waals surface area contributed by atoms with Crippen molar-refractivity contribution < 1.29 is 28.6 Å². The summed E-state index contributed by atoms with van der Waals surface area (Å²) >= 11 is 0. The third kappa shape index (κ3) is 54.2. The smallest absolute Gasteiger partial charge is 0.306 e. The van der Waals surface area contributed by atoms with E-state index in [1.54, 1.807) is 0 Å². The maximum Gasteiger partial charge on any atom is 0.306 e. The van der Waals surface area contributed by atoms with E-state index in [-0.39, 0.29) is 31.1 Å². The van der Waals surface area contributed by atoms with Crippen LogP contribution in [0.5, 0.6) is 0 Å². The van der Waals surface area contributed by atoms with Gasteiger partial charge in [0.2, 0.25) is 0 Å². The normalized spacial score (nSPS) is 12.3. The third-order valence-corrected chi connectivity index (χ3v) is 12.8. The zero-order valence-electron chi connectivity index (χ0n) is 44.7. The number of carbonyl (C=O) groups is 3. The molecule has 0 rings (SSSR count). The van der Waals surface area contributed by atoms with Gasteiger partial charge in [-0.1, -0.05) is 275 Å². The van der Waals surface area contributed by atoms with Gasteiger partial charge in [0, 0.05) is 19.3 Å². The Hall–Kier alpha value is -2.63. The summed E-state index contributed by atoms with van der Waals surface area (Å²) in [5.74, 6) is -0.876. The maximum absolute atomic E-state index is 12.8. The fourth-order valence-corrected chi connectivity index (χ4v) is 8.49. The van der Waals surface area contributed by atoms with E-state index in [2.05, 4.69) is 69.4 Å². The summed E-state index contributed by atoms with van der Waals surface area (Å²) < 4.78 is 16.8. The molecule has 0 aromatic rings. The van der Waals surface area contributed by atoms with Gasteiger partial charge in [0.15, 0.2) is 6.10 Å². The first-order valence-electron chi connectivity index (χ1n) is 29.1. The van der Waals surface area contributed by atoms with Crippen LogP contribution < -0.4 is 0 Å². The molecule has 0 aromatic heterocycles. The molecular formula is C61H110O6. The predicted octanol–water partition coefficient (Wildman–Crippen LogP) is 19.4. The first-order valence-corrected chi connectivity index (χ1v) is 29.1. The Kier molecular flexibility index (Phi) is 53.8. The van der Waals surface area contributed by atoms with Crippen molar-refractivity contribution in [3.8, 4) is 0 Å². The van der Waals surface area contributed by atoms with Gasteiger partial charge in [-0.2, -0.15) is 0 Å². The zero-order valence-corrected chi connectivity index (χ0v) is 44.7. The number of ether oxygens (including phenoxy) is 3. The molecule has 0 saturated carbocycles. The fraction of sp³-hybridized carbons (Fsp3) is 0.820. The molecule has 0 aliphatic heterocycles. The molecule has 1 atom stereocenters. The second-order valence-corrected chi connectivity index (χ2v) is 19.5. The molecule has 0 bridgehead atoms. The van der Waals surface area contributed by atoms with Gasteiger partial charge in [0.25, 0.3) is 0 Å². The van der Waals surface area contributed by atoms with Crippen LogP contribution in [0.15, 0.2) is 48.6 Å². The number of allylic oxidation sites excluding steroid dienone is 8. The summed E-state index contributed by atoms with van der Waals surface area (Å²) in [6.45, 7) is 6.53. The largest absolute Gasteiger partial charge is 0.462 e. The minimum absolute atomic E-state index is 0.0750. The van der Waals surface area contributed by atoms with Crippen LogP contribution in [-0.2, 0) is 28.6 Å². The average molecular weight is 940 g/mol. The van der Waals surface area contributed by atoms with E-state index in [0.29, 0.717) is 19.3 Å². The molecule has 1 unspecified atom stereocenters. The van der Waals surface area contributed by atoms with E-state index in [0.717, 1.165) is 96.3 Å². The van der Waals surface area contributed by atoms with Gasteiger partial charge in [-0.05, 0) is 57.8 Å². The molecule has 0 amide bonds. The highest BCUT2D eigenvalue weighted by atomic mass is 16.6. The summed E-state index contributed by atoms with van der Waals surface area (Å²) in [5.41, 5.74) is 0. The monoisotopic (exact) mass is 939 g/mol. The van der Waals surface area contributed by atoms with E-state index in [4.69, 9.17) is 14.2 Å². The van der Waals surface area contributed by atoms with Gasteiger partial charge in [-0.25, -0.2) is 0 Å². The third-order valence-electron chi connectivity index (χ3n) is 12.8. The van der Waals surface area contributed by atoms with Crippen molar-refractivity contribution in [2.45, 2.75) is 309 Å². The SMILES string of the molecule is CC/C=C\C/C=C\C/C=C\C/C=C\CCCCCCCCC(=O)OC(COC(=O)CCCCCCCCCCC)COC(=O)CCCCCCCCCCCCCCCCCCCCCCC. The molecule has 0 aliphatic rings. The number of rotatable bonds is 53. The van der Waals surface area contributed by atoms with Crippen molar-refractivity contribution in [1.29, 1.82) is 0 Å². The first-order chi connectivity index (χ1) is 33.0. The number of carbonyl (C=O) groups excluding carboxylic acids is 3. The van der Waals surface area contributed by atoms with Gasteiger partial charge in [-0.15, -0.1) is 0 Å². The lowest BCUT2D eigenvalue weighted by Crippen LogP contribution is -2.30. The van der Waals surface area contributed by atoms with Crippen LogP contribution >= 0.6 is 0 Å². The lowest BCUT2D eigenvalue weighted by molar-refractivity contribution is -0.167. The molecule has 0 aromatic carbocycles. The topological polar surface area (TPSA) is 78.9 Å². The molecule has 6 nitrogen and oxygen atoms in total. The van der Waals surface area contributed by atoms with Gasteiger partial charge >= 0.3 is 17.9 Å². The molecule has 0 N–H and O–H groups in total. The highest BCUT2D eigenvalue weighted by molar-refractivity contribution is 5.71. The summed E-state index contributed by atoms with van der Waals surface area (Å²) in [6, 6.07) is 0. The molecule has 0 heterocycles. The summed E-state index contributed by atoms with van der Waals surface area (Å²) in [6.07, 6.45) is 68.3. The second kappa shape index (κ2) is 56.0. The Morgan fingerprint density at radius 1 is 0.313 bits per heavy atom. The molecule has 390 valence electrons. The lowest BCUT2D eigenvalue weighted by atomic mass is 10.0. The number of esters is 3. The highest BCUT2D eigenvalue weighted by Crippen LogP contribution is 2.17. The summed E-state index contributed by atoms with van der Waals surface area (Å²) in [7, 11) is 0. The van der Waals surface area contributed by atoms with Crippen molar-refractivity contribution in [2.24, 2.45) is 0 Å². The molecule has 0 fully saturated rings. The Labute approximate surface area is 416 Å². The molecule has 0 spiro atoms. The van der Waals surface area contributed by atoms with Crippen LogP contribution in [0.1, 0.15) is 303 Å². The van der Waals surface area contributed by atoms with Gasteiger partial charge in [0.1, 0.15) is 13.2 Å². The molecule has 6 heteroatoms. The molecule has 0 radical (unpaired) electrons. The predicted molar refractivity (Wildman–Crippen MR) is 289 cm³/mol. The Morgan fingerprint density at radius 2 is 0.582 bits per heavy atom. The molecule has 0 saturated heterocycles. The summed E-state index contributed by atoms with van der Waals surface area (Å²) in [4.78, 5) is 38.1. The van der Waals surface area contributed by atoms with Crippen molar-refractivity contribution in [3.05, 3.63) is 48.6 Å². The minimum atomic E-state index is -0.776. The number of unbranched alkanes of at least 4 members (excludes halogenated alkanes) is 34. The molecular weight excluding hydrogens is 829 g/mol. The lowest BCUT2D eigenvalue weighted by Gasteiger charge is -2.18. The number of hydrogen-bond acceptors (Lipinski definition) is 6. The fourth-order valence-electron chi connectivity index (χ4n) is 8.49. The van der Waals surface area contributed by atoms with Crippen LogP contribution in [0.4, 0.5) is 0 Å². The second-order valence-electron chi connectivity index (χ2n) is 19.5. The summed E-state index contributed by atoms with van der Waals surface area (Å²) in [5, 5.41) is 0. The van der Waals surface area contributed by atoms with E-state index in [9.17, 15) is 14.4 Å². The van der Waals surface area contributed by atoms with Crippen LogP contribution in [-0.4, -0.2) is 37.2 Å². The maximum atomic E-state index is 12.8. The average Bonchev–Trinajstić information content (AvgIpc) is 3.33. The van der Waals surface area contributed by atoms with E-state index < -0.39 is 6.10 Å². The van der Waals surface area contributed by atoms with Crippen molar-refractivity contribution in [3.63, 3.8) is 0 Å². The zero-order chi connectivity index (χ0) is 48.6. The van der Waals surface area contributed by atoms with Crippen LogP contribution in [0.3, 0.4) is 0 Å². The Morgan fingerprint density at radius 3 is 0.910 bits per heavy atom. The van der Waals surface area contributed by atoms with Crippen LogP contribution in [0.2, 0.25) is 0 Å². The van der Waals surface area contributed by atoms with E-state index >= 15 is 0 Å². The van der Waals surface area contributed by atoms with Crippen molar-refractivity contribution in [2.75, 3.05) is 13.2 Å². The quantitative estimate of drug-likeness (QED) is 0.0262. The van der Waals surface area contributed by atoms with Crippen LogP contribution in [0.25, 0.3) is 0 Å². The van der Waals surface area contributed by atoms with Crippen molar-refractivity contribution >= 4 is 17.9 Å². The van der Waals surface area contributed by atoms with Crippen molar-refractivity contribution in [1.82, 2.24) is 0 Å². The standard InChI is InChI=1S/C61H110O6/c1-4-7-10-13-16-19-21-23-25-27-29-30-32-33-35-37-39-42-45-48-51-54-60(63)66-57-58(56-65-59(62)53-50-47-44-41-18-15-12-9-6-3)67-61(64)55-52-49-46-43-40-38-36-34-31-28-26-24-22-20-17-14-11-8-5-2/h8,11,17,20,24,26,31,34,58H,4-7,9-10,12-16,18-19,21-23,25,27-30,32-33,35-57H2,1-3H3/b11-8-,20-17-,26-24-,34-31-. The first kappa shape index (κ1) is 64.4. The van der Waals surface area contributed by atoms with E-state index in [1.807, 2.05) is 0 Å². The highest BCUT2D eigenvalue weighted by Gasteiger charge is 2.19. The Balaban J connectivity index is 4.25. The van der Waals surface area contributed by atoms with Gasteiger partial charge in [0.05, 0.1) is 0 Å². The molecule has 67 heavy (non-hydrogen) atoms. The van der Waals surface area contributed by atoms with E-state index in [1.165, 1.54) is 167 Å². The molecule has 0 aliphatic carbocycles.